The molecule has 104 valence electrons. The lowest BCUT2D eigenvalue weighted by Gasteiger charge is -2.35. The van der Waals surface area contributed by atoms with Crippen LogP contribution in [0, 0.1) is 0 Å². The van der Waals surface area contributed by atoms with Crippen LogP contribution in [0.5, 0.6) is 0 Å². The maximum Gasteiger partial charge on any atom is 0.239 e. The molecule has 0 spiro atoms. The second kappa shape index (κ2) is 7.30. The summed E-state index contributed by atoms with van der Waals surface area (Å²) in [6, 6.07) is -1.15. The largest absolute Gasteiger partial charge is 0.378 e. The Morgan fingerprint density at radius 3 is 2.89 bits per heavy atom. The fraction of sp³-hybridized carbons (Fsp3) is 0.818. The number of ether oxygens (including phenoxy) is 1. The van der Waals surface area contributed by atoms with Gasteiger partial charge in [-0.15, -0.1) is 0 Å². The Morgan fingerprint density at radius 1 is 1.56 bits per heavy atom. The molecule has 2 unspecified atom stereocenters. The number of hydrogen-bond acceptors (Lipinski definition) is 5. The third-order valence-corrected chi connectivity index (χ3v) is 2.89. The van der Waals surface area contributed by atoms with E-state index in [0.717, 1.165) is 6.42 Å². The molecule has 5 N–H and O–H groups in total. The van der Waals surface area contributed by atoms with Crippen LogP contribution in [-0.2, 0) is 14.3 Å². The van der Waals surface area contributed by atoms with E-state index >= 15 is 0 Å². The Hall–Kier alpha value is -1.18. The SMILES string of the molecule is CCCNC(=O)C1COCCN1CC(N)C(N)=O. The monoisotopic (exact) mass is 258 g/mol. The van der Waals surface area contributed by atoms with Gasteiger partial charge in [-0.25, -0.2) is 0 Å². The fourth-order valence-corrected chi connectivity index (χ4v) is 1.81. The summed E-state index contributed by atoms with van der Waals surface area (Å²) >= 11 is 0. The molecule has 2 amide bonds. The van der Waals surface area contributed by atoms with Crippen molar-refractivity contribution in [3.05, 3.63) is 0 Å². The van der Waals surface area contributed by atoms with Gasteiger partial charge in [0.1, 0.15) is 6.04 Å². The van der Waals surface area contributed by atoms with Crippen molar-refractivity contribution in [3.8, 4) is 0 Å². The third kappa shape index (κ3) is 4.25. The van der Waals surface area contributed by atoms with Crippen LogP contribution in [-0.4, -0.2) is 61.6 Å². The van der Waals surface area contributed by atoms with Crippen LogP contribution in [0.2, 0.25) is 0 Å². The van der Waals surface area contributed by atoms with Crippen molar-refractivity contribution in [2.75, 3.05) is 32.8 Å². The van der Waals surface area contributed by atoms with Crippen LogP contribution in [0.15, 0.2) is 0 Å². The first kappa shape index (κ1) is 14.9. The predicted octanol–water partition coefficient (Wildman–Crippen LogP) is -1.97. The van der Waals surface area contributed by atoms with Crippen LogP contribution >= 0.6 is 0 Å². The molecule has 0 aliphatic carbocycles. The smallest absolute Gasteiger partial charge is 0.239 e. The maximum absolute atomic E-state index is 11.9. The van der Waals surface area contributed by atoms with Gasteiger partial charge in [0.25, 0.3) is 0 Å². The summed E-state index contributed by atoms with van der Waals surface area (Å²) < 4.78 is 5.30. The second-order valence-corrected chi connectivity index (χ2v) is 4.39. The third-order valence-electron chi connectivity index (χ3n) is 2.89. The summed E-state index contributed by atoms with van der Waals surface area (Å²) in [6.07, 6.45) is 0.875. The highest BCUT2D eigenvalue weighted by molar-refractivity contribution is 5.82. The maximum atomic E-state index is 11.9. The zero-order chi connectivity index (χ0) is 13.5. The van der Waals surface area contributed by atoms with Gasteiger partial charge in [-0.1, -0.05) is 6.92 Å². The van der Waals surface area contributed by atoms with Crippen LogP contribution in [0.4, 0.5) is 0 Å². The van der Waals surface area contributed by atoms with E-state index in [1.54, 1.807) is 0 Å². The second-order valence-electron chi connectivity index (χ2n) is 4.39. The molecule has 1 rings (SSSR count). The van der Waals surface area contributed by atoms with Crippen molar-refractivity contribution in [1.29, 1.82) is 0 Å². The van der Waals surface area contributed by atoms with Gasteiger partial charge in [-0.05, 0) is 6.42 Å². The Balaban J connectivity index is 2.56. The van der Waals surface area contributed by atoms with Gasteiger partial charge in [0.15, 0.2) is 0 Å². The van der Waals surface area contributed by atoms with E-state index in [1.165, 1.54) is 0 Å². The molecule has 1 aliphatic rings. The number of amides is 2. The highest BCUT2D eigenvalue weighted by Crippen LogP contribution is 2.07. The van der Waals surface area contributed by atoms with Gasteiger partial charge < -0.3 is 21.5 Å². The summed E-state index contributed by atoms with van der Waals surface area (Å²) in [7, 11) is 0. The molecule has 0 aromatic heterocycles. The average molecular weight is 258 g/mol. The van der Waals surface area contributed by atoms with Crippen molar-refractivity contribution >= 4 is 11.8 Å². The molecule has 0 radical (unpaired) electrons. The van der Waals surface area contributed by atoms with E-state index in [2.05, 4.69) is 5.32 Å². The minimum atomic E-state index is -0.760. The first-order chi connectivity index (χ1) is 8.56. The lowest BCUT2D eigenvalue weighted by molar-refractivity contribution is -0.134. The lowest BCUT2D eigenvalue weighted by atomic mass is 10.1. The molecule has 1 aliphatic heterocycles. The standard InChI is InChI=1S/C11H22N4O3/c1-2-3-14-11(17)9-7-18-5-4-15(9)6-8(12)10(13)16/h8-9H,2-7,12H2,1H3,(H2,13,16)(H,14,17). The minimum Gasteiger partial charge on any atom is -0.378 e. The average Bonchev–Trinajstić information content (AvgIpc) is 2.36. The summed E-state index contributed by atoms with van der Waals surface area (Å²) in [4.78, 5) is 24.7. The number of rotatable bonds is 6. The molecule has 18 heavy (non-hydrogen) atoms. The molecule has 1 fully saturated rings. The zero-order valence-electron chi connectivity index (χ0n) is 10.7. The van der Waals surface area contributed by atoms with Crippen molar-refractivity contribution in [1.82, 2.24) is 10.2 Å². The first-order valence-corrected chi connectivity index (χ1v) is 6.20. The minimum absolute atomic E-state index is 0.0896. The molecule has 0 aromatic rings. The lowest BCUT2D eigenvalue weighted by Crippen LogP contribution is -2.58. The fourth-order valence-electron chi connectivity index (χ4n) is 1.81. The highest BCUT2D eigenvalue weighted by Gasteiger charge is 2.30. The van der Waals surface area contributed by atoms with Crippen LogP contribution in [0.25, 0.3) is 0 Å². The van der Waals surface area contributed by atoms with Gasteiger partial charge in [0.05, 0.1) is 19.3 Å². The number of morpholine rings is 1. The number of carbonyl (C=O) groups excluding carboxylic acids is 2. The summed E-state index contributed by atoms with van der Waals surface area (Å²) in [6.45, 7) is 4.32. The molecule has 0 saturated carbocycles. The van der Waals surface area contributed by atoms with E-state index in [9.17, 15) is 9.59 Å². The molecule has 7 nitrogen and oxygen atoms in total. The summed E-state index contributed by atoms with van der Waals surface area (Å²) in [5.74, 6) is -0.651. The van der Waals surface area contributed by atoms with Gasteiger partial charge >= 0.3 is 0 Å². The molecule has 1 heterocycles. The van der Waals surface area contributed by atoms with E-state index in [0.29, 0.717) is 26.3 Å². The highest BCUT2D eigenvalue weighted by atomic mass is 16.5. The Morgan fingerprint density at radius 2 is 2.28 bits per heavy atom. The normalized spacial score (nSPS) is 22.4. The topological polar surface area (TPSA) is 111 Å². The van der Waals surface area contributed by atoms with Gasteiger partial charge in [0, 0.05) is 19.6 Å². The molecule has 2 atom stereocenters. The molecular weight excluding hydrogens is 236 g/mol. The van der Waals surface area contributed by atoms with Crippen molar-refractivity contribution in [2.24, 2.45) is 11.5 Å². The predicted molar refractivity (Wildman–Crippen MR) is 66.7 cm³/mol. The zero-order valence-corrected chi connectivity index (χ0v) is 10.7. The van der Waals surface area contributed by atoms with E-state index < -0.39 is 18.0 Å². The van der Waals surface area contributed by atoms with Crippen molar-refractivity contribution in [2.45, 2.75) is 25.4 Å². The molecule has 0 aromatic carbocycles. The van der Waals surface area contributed by atoms with Gasteiger partial charge in [0.2, 0.25) is 11.8 Å². The molecule has 7 heteroatoms. The Kier molecular flexibility index (Phi) is 6.03. The van der Waals surface area contributed by atoms with Crippen LogP contribution in [0.3, 0.4) is 0 Å². The van der Waals surface area contributed by atoms with Crippen molar-refractivity contribution in [3.63, 3.8) is 0 Å². The van der Waals surface area contributed by atoms with Crippen LogP contribution < -0.4 is 16.8 Å². The van der Waals surface area contributed by atoms with E-state index in [1.807, 2.05) is 11.8 Å². The number of carbonyl (C=O) groups is 2. The van der Waals surface area contributed by atoms with E-state index in [4.69, 9.17) is 16.2 Å². The van der Waals surface area contributed by atoms with Gasteiger partial charge in [-0.2, -0.15) is 0 Å². The van der Waals surface area contributed by atoms with E-state index in [-0.39, 0.29) is 12.5 Å². The number of hydrogen-bond donors (Lipinski definition) is 3. The van der Waals surface area contributed by atoms with Gasteiger partial charge in [-0.3, -0.25) is 14.5 Å². The van der Waals surface area contributed by atoms with Crippen LogP contribution in [0.1, 0.15) is 13.3 Å². The summed E-state index contributed by atoms with van der Waals surface area (Å²) in [5, 5.41) is 2.82. The first-order valence-electron chi connectivity index (χ1n) is 6.20. The quantitative estimate of drug-likeness (QED) is 0.511. The number of nitrogens with zero attached hydrogens (tertiary/aromatic N) is 1. The molecule has 0 bridgehead atoms. The molecule has 1 saturated heterocycles. The number of primary amides is 1. The number of nitrogens with two attached hydrogens (primary N) is 2. The summed E-state index contributed by atoms with van der Waals surface area (Å²) in [5.41, 5.74) is 10.8. The Bertz CT molecular complexity index is 298. The number of nitrogens with one attached hydrogen (secondary N) is 1. The van der Waals surface area contributed by atoms with Crippen molar-refractivity contribution < 1.29 is 14.3 Å². The Labute approximate surface area is 107 Å². The molecular formula is C11H22N4O3.